The Morgan fingerprint density at radius 1 is 1.09 bits per heavy atom. The molecule has 2 aliphatic rings. The predicted molar refractivity (Wildman–Crippen MR) is 83.0 cm³/mol. The van der Waals surface area contributed by atoms with Crippen LogP contribution in [0.4, 0.5) is 0 Å². The molecule has 3 nitrogen and oxygen atoms in total. The van der Waals surface area contributed by atoms with E-state index in [1.165, 1.54) is 0 Å². The van der Waals surface area contributed by atoms with Crippen molar-refractivity contribution < 1.29 is 9.53 Å². The van der Waals surface area contributed by atoms with Crippen LogP contribution in [-0.2, 0) is 4.74 Å². The zero-order valence-corrected chi connectivity index (χ0v) is 12.0. The van der Waals surface area contributed by atoms with Crippen molar-refractivity contribution in [3.05, 3.63) is 60.2 Å². The van der Waals surface area contributed by atoms with Crippen LogP contribution in [-0.4, -0.2) is 12.1 Å². The summed E-state index contributed by atoms with van der Waals surface area (Å²) in [7, 11) is 0. The van der Waals surface area contributed by atoms with E-state index >= 15 is 0 Å². The highest BCUT2D eigenvalue weighted by atomic mass is 16.5. The van der Waals surface area contributed by atoms with Crippen LogP contribution >= 0.6 is 0 Å². The van der Waals surface area contributed by atoms with Gasteiger partial charge in [0.2, 0.25) is 0 Å². The summed E-state index contributed by atoms with van der Waals surface area (Å²) in [6, 6.07) is 15.7. The summed E-state index contributed by atoms with van der Waals surface area (Å²) in [5, 5.41) is 11.2. The van der Waals surface area contributed by atoms with Crippen molar-refractivity contribution in [3.63, 3.8) is 0 Å². The Morgan fingerprint density at radius 3 is 2.73 bits per heavy atom. The van der Waals surface area contributed by atoms with Crippen LogP contribution in [0.15, 0.2) is 54.6 Å². The Hall–Kier alpha value is -2.60. The lowest BCUT2D eigenvalue weighted by Crippen LogP contribution is -2.29. The maximum absolute atomic E-state index is 12.6. The van der Waals surface area contributed by atoms with Crippen molar-refractivity contribution in [2.24, 2.45) is 17.8 Å². The first-order valence-electron chi connectivity index (χ1n) is 7.54. The number of esters is 1. The number of hydrogen-bond acceptors (Lipinski definition) is 3. The zero-order chi connectivity index (χ0) is 15.1. The Kier molecular flexibility index (Phi) is 2.97. The first-order valence-corrected chi connectivity index (χ1v) is 7.54. The summed E-state index contributed by atoms with van der Waals surface area (Å²) in [5.41, 5.74) is 0.571. The number of carbonyl (C=O) groups excluding carboxylic acids is 1. The molecule has 0 spiro atoms. The molecule has 1 fully saturated rings. The average molecular weight is 289 g/mol. The van der Waals surface area contributed by atoms with Crippen molar-refractivity contribution in [3.8, 4) is 6.07 Å². The number of rotatable bonds is 2. The molecule has 0 N–H and O–H groups in total. The van der Waals surface area contributed by atoms with E-state index in [4.69, 9.17) is 4.74 Å². The van der Waals surface area contributed by atoms with Gasteiger partial charge in [-0.3, -0.25) is 0 Å². The second kappa shape index (κ2) is 4.99. The van der Waals surface area contributed by atoms with Gasteiger partial charge >= 0.3 is 5.97 Å². The second-order valence-corrected chi connectivity index (χ2v) is 6.00. The third-order valence-electron chi connectivity index (χ3n) is 4.79. The topological polar surface area (TPSA) is 50.1 Å². The smallest absolute Gasteiger partial charge is 0.339 e. The minimum Gasteiger partial charge on any atom is -0.457 e. The van der Waals surface area contributed by atoms with Gasteiger partial charge in [-0.05, 0) is 29.2 Å². The highest BCUT2D eigenvalue weighted by molar-refractivity contribution is 6.04. The Morgan fingerprint density at radius 2 is 1.86 bits per heavy atom. The highest BCUT2D eigenvalue weighted by Crippen LogP contribution is 2.45. The lowest BCUT2D eigenvalue weighted by Gasteiger charge is -2.23. The molecule has 108 valence electrons. The van der Waals surface area contributed by atoms with Gasteiger partial charge < -0.3 is 4.74 Å². The molecule has 2 bridgehead atoms. The Balaban J connectivity index is 1.65. The Labute approximate surface area is 128 Å². The van der Waals surface area contributed by atoms with Gasteiger partial charge in [0.05, 0.1) is 17.6 Å². The first kappa shape index (κ1) is 13.1. The van der Waals surface area contributed by atoms with Gasteiger partial charge in [0.25, 0.3) is 0 Å². The van der Waals surface area contributed by atoms with Crippen LogP contribution in [0.25, 0.3) is 10.8 Å². The van der Waals surface area contributed by atoms with E-state index in [-0.39, 0.29) is 29.8 Å². The monoisotopic (exact) mass is 289 g/mol. The van der Waals surface area contributed by atoms with E-state index in [2.05, 4.69) is 18.2 Å². The molecule has 0 aromatic heterocycles. The van der Waals surface area contributed by atoms with Crippen LogP contribution < -0.4 is 0 Å². The van der Waals surface area contributed by atoms with Crippen molar-refractivity contribution >= 4 is 16.7 Å². The number of ether oxygens (including phenoxy) is 1. The summed E-state index contributed by atoms with van der Waals surface area (Å²) in [4.78, 5) is 12.6. The van der Waals surface area contributed by atoms with Crippen molar-refractivity contribution in [2.45, 2.75) is 12.5 Å². The number of nitriles is 1. The zero-order valence-electron chi connectivity index (χ0n) is 12.0. The van der Waals surface area contributed by atoms with E-state index in [1.807, 2.05) is 36.4 Å². The third kappa shape index (κ3) is 1.92. The van der Waals surface area contributed by atoms with Gasteiger partial charge in [-0.15, -0.1) is 0 Å². The van der Waals surface area contributed by atoms with Crippen LogP contribution in [0.2, 0.25) is 0 Å². The van der Waals surface area contributed by atoms with E-state index in [0.29, 0.717) is 5.56 Å². The number of benzene rings is 2. The van der Waals surface area contributed by atoms with Crippen LogP contribution in [0.5, 0.6) is 0 Å². The molecule has 0 amide bonds. The number of nitrogens with zero attached hydrogens (tertiary/aromatic N) is 1. The molecular weight excluding hydrogens is 274 g/mol. The van der Waals surface area contributed by atoms with Gasteiger partial charge in [0, 0.05) is 5.92 Å². The molecule has 2 aromatic rings. The van der Waals surface area contributed by atoms with E-state index in [1.54, 1.807) is 6.07 Å². The highest BCUT2D eigenvalue weighted by Gasteiger charge is 2.47. The van der Waals surface area contributed by atoms with Crippen LogP contribution in [0, 0.1) is 29.1 Å². The van der Waals surface area contributed by atoms with Gasteiger partial charge in [-0.1, -0.05) is 48.6 Å². The van der Waals surface area contributed by atoms with Gasteiger partial charge in [0.15, 0.2) is 0 Å². The lowest BCUT2D eigenvalue weighted by molar-refractivity contribution is 0.0168. The molecule has 2 aliphatic carbocycles. The van der Waals surface area contributed by atoms with Gasteiger partial charge in [0.1, 0.15) is 6.10 Å². The molecule has 4 atom stereocenters. The van der Waals surface area contributed by atoms with E-state index in [0.717, 1.165) is 17.2 Å². The summed E-state index contributed by atoms with van der Waals surface area (Å²) in [6.07, 6.45) is 4.78. The third-order valence-corrected chi connectivity index (χ3v) is 4.79. The van der Waals surface area contributed by atoms with E-state index < -0.39 is 0 Å². The molecule has 4 rings (SSSR count). The molecule has 3 heteroatoms. The maximum atomic E-state index is 12.6. The number of hydrogen-bond donors (Lipinski definition) is 0. The van der Waals surface area contributed by atoms with Crippen molar-refractivity contribution in [1.82, 2.24) is 0 Å². The quantitative estimate of drug-likeness (QED) is 0.625. The average Bonchev–Trinajstić information content (AvgIpc) is 3.15. The van der Waals surface area contributed by atoms with Crippen LogP contribution in [0.3, 0.4) is 0 Å². The molecule has 2 aromatic carbocycles. The first-order chi connectivity index (χ1) is 10.8. The van der Waals surface area contributed by atoms with Crippen LogP contribution in [0.1, 0.15) is 16.8 Å². The molecule has 0 aliphatic heterocycles. The number of fused-ring (bicyclic) bond motifs is 3. The summed E-state index contributed by atoms with van der Waals surface area (Å²) in [6.45, 7) is 0. The minimum atomic E-state index is -0.331. The van der Waals surface area contributed by atoms with Gasteiger partial charge in [-0.2, -0.15) is 5.26 Å². The molecule has 22 heavy (non-hydrogen) atoms. The molecule has 1 saturated carbocycles. The number of allylic oxidation sites excluding steroid dienone is 1. The van der Waals surface area contributed by atoms with Gasteiger partial charge in [-0.25, -0.2) is 4.79 Å². The molecule has 0 radical (unpaired) electrons. The summed E-state index contributed by atoms with van der Waals surface area (Å²) >= 11 is 0. The Bertz CT molecular complexity index is 812. The lowest BCUT2D eigenvalue weighted by atomic mass is 9.92. The SMILES string of the molecule is N#CC1C2C=CC(C2)C1OC(=O)c1cccc2ccccc12. The maximum Gasteiger partial charge on any atom is 0.339 e. The molecule has 0 saturated heterocycles. The standard InChI is InChI=1S/C19H15NO2/c20-11-17-13-8-9-14(10-13)18(17)22-19(21)16-7-3-5-12-4-1-2-6-15(12)16/h1-9,13-14,17-18H,10H2. The predicted octanol–water partition coefficient (Wildman–Crippen LogP) is 3.71. The molecular formula is C19H15NO2. The summed E-state index contributed by atoms with van der Waals surface area (Å²) in [5.74, 6) is -0.120. The van der Waals surface area contributed by atoms with Crippen molar-refractivity contribution in [1.29, 1.82) is 5.26 Å². The number of carbonyl (C=O) groups is 1. The largest absolute Gasteiger partial charge is 0.457 e. The fourth-order valence-electron chi connectivity index (χ4n) is 3.70. The normalized spacial score (nSPS) is 28.7. The molecule has 0 heterocycles. The van der Waals surface area contributed by atoms with E-state index in [9.17, 15) is 10.1 Å². The fourth-order valence-corrected chi connectivity index (χ4v) is 3.70. The fraction of sp³-hybridized carbons (Fsp3) is 0.263. The summed E-state index contributed by atoms with van der Waals surface area (Å²) < 4.78 is 5.73. The minimum absolute atomic E-state index is 0.188. The second-order valence-electron chi connectivity index (χ2n) is 6.00. The molecule has 4 unspecified atom stereocenters. The van der Waals surface area contributed by atoms with Crippen molar-refractivity contribution in [2.75, 3.05) is 0 Å².